The second-order valence-corrected chi connectivity index (χ2v) is 4.53. The molecule has 18 heavy (non-hydrogen) atoms. The Labute approximate surface area is 113 Å². The largest absolute Gasteiger partial charge is 0.480 e. The standard InChI is InChI=1S/C14H10BrNO2/c1-17-14-12-10(7-8-16-14)18-13(15)11(12)9-5-3-2-4-6-9/h2-8H,1H3. The van der Waals surface area contributed by atoms with Crippen molar-refractivity contribution in [3.8, 4) is 17.0 Å². The zero-order valence-corrected chi connectivity index (χ0v) is 11.3. The average molecular weight is 304 g/mol. The summed E-state index contributed by atoms with van der Waals surface area (Å²) in [5.41, 5.74) is 2.79. The van der Waals surface area contributed by atoms with E-state index in [1.807, 2.05) is 36.4 Å². The summed E-state index contributed by atoms with van der Waals surface area (Å²) in [5.74, 6) is 0.570. The number of hydrogen-bond donors (Lipinski definition) is 0. The first-order valence-corrected chi connectivity index (χ1v) is 6.27. The molecule has 0 radical (unpaired) electrons. The quantitative estimate of drug-likeness (QED) is 0.709. The summed E-state index contributed by atoms with van der Waals surface area (Å²) in [6.07, 6.45) is 1.67. The second kappa shape index (κ2) is 4.46. The van der Waals surface area contributed by atoms with Gasteiger partial charge in [-0.3, -0.25) is 0 Å². The van der Waals surface area contributed by atoms with E-state index in [0.717, 1.165) is 22.1 Å². The van der Waals surface area contributed by atoms with E-state index >= 15 is 0 Å². The third-order valence-corrected chi connectivity index (χ3v) is 3.34. The molecule has 0 amide bonds. The topological polar surface area (TPSA) is 35.3 Å². The summed E-state index contributed by atoms with van der Waals surface area (Å²) in [5, 5.41) is 0.887. The van der Waals surface area contributed by atoms with Crippen LogP contribution in [-0.2, 0) is 0 Å². The highest BCUT2D eigenvalue weighted by atomic mass is 79.9. The van der Waals surface area contributed by atoms with Crippen LogP contribution in [0.2, 0.25) is 0 Å². The Balaban J connectivity index is 2.38. The molecule has 3 aromatic rings. The summed E-state index contributed by atoms with van der Waals surface area (Å²) in [6, 6.07) is 11.8. The number of nitrogens with zero attached hydrogens (tertiary/aromatic N) is 1. The van der Waals surface area contributed by atoms with E-state index in [-0.39, 0.29) is 0 Å². The molecule has 3 nitrogen and oxygen atoms in total. The first-order valence-electron chi connectivity index (χ1n) is 5.47. The van der Waals surface area contributed by atoms with Crippen molar-refractivity contribution in [3.63, 3.8) is 0 Å². The lowest BCUT2D eigenvalue weighted by Gasteiger charge is -2.02. The van der Waals surface area contributed by atoms with E-state index in [9.17, 15) is 0 Å². The third kappa shape index (κ3) is 1.69. The monoisotopic (exact) mass is 303 g/mol. The molecular formula is C14H10BrNO2. The molecule has 0 N–H and O–H groups in total. The van der Waals surface area contributed by atoms with E-state index in [2.05, 4.69) is 20.9 Å². The van der Waals surface area contributed by atoms with Gasteiger partial charge in [0.1, 0.15) is 5.58 Å². The van der Waals surface area contributed by atoms with Gasteiger partial charge in [0, 0.05) is 17.8 Å². The maximum Gasteiger partial charge on any atom is 0.225 e. The van der Waals surface area contributed by atoms with E-state index in [4.69, 9.17) is 9.15 Å². The summed E-state index contributed by atoms with van der Waals surface area (Å²) in [6.45, 7) is 0. The van der Waals surface area contributed by atoms with Gasteiger partial charge in [0.05, 0.1) is 12.5 Å². The van der Waals surface area contributed by atoms with Crippen molar-refractivity contribution in [1.29, 1.82) is 0 Å². The van der Waals surface area contributed by atoms with Crippen molar-refractivity contribution in [2.45, 2.75) is 0 Å². The van der Waals surface area contributed by atoms with Gasteiger partial charge in [-0.05, 0) is 21.5 Å². The van der Waals surface area contributed by atoms with Crippen LogP contribution in [0.3, 0.4) is 0 Å². The number of fused-ring (bicyclic) bond motifs is 1. The normalized spacial score (nSPS) is 10.8. The van der Waals surface area contributed by atoms with Crippen LogP contribution in [0.15, 0.2) is 51.7 Å². The number of hydrogen-bond acceptors (Lipinski definition) is 3. The first-order chi connectivity index (χ1) is 8.81. The number of furan rings is 1. The zero-order chi connectivity index (χ0) is 12.5. The van der Waals surface area contributed by atoms with Gasteiger partial charge in [0.2, 0.25) is 5.88 Å². The molecule has 0 bridgehead atoms. The van der Waals surface area contributed by atoms with Crippen molar-refractivity contribution in [1.82, 2.24) is 4.98 Å². The van der Waals surface area contributed by atoms with Gasteiger partial charge >= 0.3 is 0 Å². The Hall–Kier alpha value is -1.81. The van der Waals surface area contributed by atoms with Crippen molar-refractivity contribution >= 4 is 26.9 Å². The van der Waals surface area contributed by atoms with Crippen molar-refractivity contribution in [3.05, 3.63) is 47.3 Å². The van der Waals surface area contributed by atoms with E-state index < -0.39 is 0 Å². The van der Waals surface area contributed by atoms with Crippen molar-refractivity contribution in [2.75, 3.05) is 7.11 Å². The summed E-state index contributed by atoms with van der Waals surface area (Å²) in [4.78, 5) is 4.22. The Morgan fingerprint density at radius 3 is 2.67 bits per heavy atom. The molecule has 3 rings (SSSR count). The lowest BCUT2D eigenvalue weighted by molar-refractivity contribution is 0.403. The third-order valence-electron chi connectivity index (χ3n) is 2.78. The van der Waals surface area contributed by atoms with E-state index in [1.54, 1.807) is 13.3 Å². The molecule has 2 aromatic heterocycles. The Morgan fingerprint density at radius 1 is 1.17 bits per heavy atom. The van der Waals surface area contributed by atoms with Gasteiger partial charge in [0.25, 0.3) is 0 Å². The number of methoxy groups -OCH3 is 1. The van der Waals surface area contributed by atoms with Gasteiger partial charge in [-0.15, -0.1) is 0 Å². The number of halogens is 1. The van der Waals surface area contributed by atoms with E-state index in [1.165, 1.54) is 0 Å². The number of rotatable bonds is 2. The number of pyridine rings is 1. The van der Waals surface area contributed by atoms with Crippen LogP contribution in [-0.4, -0.2) is 12.1 Å². The lowest BCUT2D eigenvalue weighted by atomic mass is 10.1. The highest BCUT2D eigenvalue weighted by Gasteiger charge is 2.18. The van der Waals surface area contributed by atoms with Crippen LogP contribution in [0.4, 0.5) is 0 Å². The van der Waals surface area contributed by atoms with Crippen molar-refractivity contribution in [2.24, 2.45) is 0 Å². The minimum atomic E-state index is 0.570. The molecule has 0 fully saturated rings. The fourth-order valence-corrected chi connectivity index (χ4v) is 2.61. The minimum absolute atomic E-state index is 0.570. The van der Waals surface area contributed by atoms with Gasteiger partial charge in [-0.25, -0.2) is 4.98 Å². The molecular weight excluding hydrogens is 294 g/mol. The molecule has 0 aliphatic heterocycles. The molecule has 0 aliphatic carbocycles. The maximum atomic E-state index is 5.69. The zero-order valence-electron chi connectivity index (χ0n) is 9.68. The fraction of sp³-hybridized carbons (Fsp3) is 0.0714. The van der Waals surface area contributed by atoms with Gasteiger partial charge in [-0.2, -0.15) is 0 Å². The van der Waals surface area contributed by atoms with Crippen LogP contribution in [0, 0.1) is 0 Å². The van der Waals surface area contributed by atoms with E-state index in [0.29, 0.717) is 10.5 Å². The molecule has 0 saturated heterocycles. The van der Waals surface area contributed by atoms with Crippen LogP contribution in [0.25, 0.3) is 22.1 Å². The molecule has 4 heteroatoms. The molecule has 0 aliphatic rings. The predicted molar refractivity (Wildman–Crippen MR) is 73.7 cm³/mol. The number of benzene rings is 1. The fourth-order valence-electron chi connectivity index (χ4n) is 2.00. The minimum Gasteiger partial charge on any atom is -0.480 e. The summed E-state index contributed by atoms with van der Waals surface area (Å²) >= 11 is 3.46. The van der Waals surface area contributed by atoms with Crippen LogP contribution < -0.4 is 4.74 Å². The maximum absolute atomic E-state index is 5.69. The molecule has 0 atom stereocenters. The molecule has 0 spiro atoms. The molecule has 2 heterocycles. The summed E-state index contributed by atoms with van der Waals surface area (Å²) in [7, 11) is 1.61. The highest BCUT2D eigenvalue weighted by molar-refractivity contribution is 9.10. The average Bonchev–Trinajstić information content (AvgIpc) is 2.75. The molecule has 90 valence electrons. The lowest BCUT2D eigenvalue weighted by Crippen LogP contribution is -1.88. The predicted octanol–water partition coefficient (Wildman–Crippen LogP) is 4.27. The van der Waals surface area contributed by atoms with Gasteiger partial charge < -0.3 is 9.15 Å². The SMILES string of the molecule is COc1nccc2oc(Br)c(-c3ccccc3)c12. The number of ether oxygens (including phenoxy) is 1. The second-order valence-electron chi connectivity index (χ2n) is 3.81. The number of aromatic nitrogens is 1. The van der Waals surface area contributed by atoms with Gasteiger partial charge in [0.15, 0.2) is 4.67 Å². The Kier molecular flexibility index (Phi) is 2.80. The smallest absolute Gasteiger partial charge is 0.225 e. The highest BCUT2D eigenvalue weighted by Crippen LogP contribution is 2.41. The Bertz CT molecular complexity index is 692. The molecule has 0 saturated carbocycles. The Morgan fingerprint density at radius 2 is 1.94 bits per heavy atom. The van der Waals surface area contributed by atoms with Crippen molar-refractivity contribution < 1.29 is 9.15 Å². The van der Waals surface area contributed by atoms with Crippen LogP contribution in [0.5, 0.6) is 5.88 Å². The molecule has 0 unspecified atom stereocenters. The van der Waals surface area contributed by atoms with Gasteiger partial charge in [-0.1, -0.05) is 30.3 Å². The van der Waals surface area contributed by atoms with Crippen LogP contribution in [0.1, 0.15) is 0 Å². The summed E-state index contributed by atoms with van der Waals surface area (Å²) < 4.78 is 11.7. The van der Waals surface area contributed by atoms with Crippen LogP contribution >= 0.6 is 15.9 Å². The molecule has 1 aromatic carbocycles. The first kappa shape index (κ1) is 11.3.